The molecule has 0 radical (unpaired) electrons. The molecule has 8 heteroatoms. The van der Waals surface area contributed by atoms with Crippen molar-refractivity contribution in [2.24, 2.45) is 5.92 Å². The van der Waals surface area contributed by atoms with Crippen molar-refractivity contribution in [3.63, 3.8) is 0 Å². The summed E-state index contributed by atoms with van der Waals surface area (Å²) in [6.07, 6.45) is 2.42. The van der Waals surface area contributed by atoms with Crippen molar-refractivity contribution in [1.29, 1.82) is 0 Å². The number of aromatic nitrogens is 2. The van der Waals surface area contributed by atoms with E-state index in [1.165, 1.54) is 12.3 Å². The van der Waals surface area contributed by atoms with Gasteiger partial charge in [0.1, 0.15) is 11.4 Å². The lowest BCUT2D eigenvalue weighted by Crippen LogP contribution is -2.44. The van der Waals surface area contributed by atoms with Gasteiger partial charge in [0.15, 0.2) is 0 Å². The Bertz CT molecular complexity index is 946. The van der Waals surface area contributed by atoms with Crippen LogP contribution in [0.5, 0.6) is 0 Å². The van der Waals surface area contributed by atoms with E-state index in [-0.39, 0.29) is 16.5 Å². The fraction of sp³-hybridized carbons (Fsp3) is 0.522. The summed E-state index contributed by atoms with van der Waals surface area (Å²) in [4.78, 5) is 22.8. The predicted molar refractivity (Wildman–Crippen MR) is 119 cm³/mol. The lowest BCUT2D eigenvalue weighted by atomic mass is 9.88. The van der Waals surface area contributed by atoms with Crippen LogP contribution in [-0.2, 0) is 9.47 Å². The number of hydrogen-bond donors (Lipinski definition) is 0. The number of ether oxygens (including phenoxy) is 2. The van der Waals surface area contributed by atoms with Crippen molar-refractivity contribution >= 4 is 23.5 Å². The summed E-state index contributed by atoms with van der Waals surface area (Å²) >= 11 is 6.21. The molecule has 1 saturated heterocycles. The molecule has 0 spiro atoms. The van der Waals surface area contributed by atoms with Gasteiger partial charge in [0, 0.05) is 31.0 Å². The molecule has 0 bridgehead atoms. The molecule has 31 heavy (non-hydrogen) atoms. The van der Waals surface area contributed by atoms with E-state index < -0.39 is 17.6 Å². The van der Waals surface area contributed by atoms with Gasteiger partial charge in [-0.3, -0.25) is 4.90 Å². The minimum atomic E-state index is -0.653. The number of anilines is 1. The SMILES string of the molecule is CC(C)(C)OC(=O)N(CC1CCOC(C)(C)C1)c1cccc(-c2cc(F)ncc2Cl)n1. The molecule has 1 unspecified atom stereocenters. The molecule has 1 aliphatic rings. The van der Waals surface area contributed by atoms with Crippen LogP contribution in [0.25, 0.3) is 11.3 Å². The Morgan fingerprint density at radius 1 is 1.39 bits per heavy atom. The molecule has 1 fully saturated rings. The summed E-state index contributed by atoms with van der Waals surface area (Å²) in [7, 11) is 0. The minimum absolute atomic E-state index is 0.226. The van der Waals surface area contributed by atoms with Crippen LogP contribution in [0.4, 0.5) is 15.0 Å². The van der Waals surface area contributed by atoms with E-state index in [1.807, 2.05) is 20.8 Å². The Labute approximate surface area is 187 Å². The number of rotatable bonds is 4. The zero-order chi connectivity index (χ0) is 22.8. The summed E-state index contributed by atoms with van der Waals surface area (Å²) in [5.74, 6) is -0.00643. The lowest BCUT2D eigenvalue weighted by Gasteiger charge is -2.38. The zero-order valence-corrected chi connectivity index (χ0v) is 19.4. The Hall–Kier alpha value is -2.25. The highest BCUT2D eigenvalue weighted by atomic mass is 35.5. The molecule has 1 atom stereocenters. The Morgan fingerprint density at radius 2 is 2.13 bits per heavy atom. The second-order valence-electron chi connectivity index (χ2n) is 9.43. The van der Waals surface area contributed by atoms with Crippen LogP contribution in [0.1, 0.15) is 47.5 Å². The quantitative estimate of drug-likeness (QED) is 0.545. The number of carbonyl (C=O) groups is 1. The van der Waals surface area contributed by atoms with Crippen molar-refractivity contribution in [3.8, 4) is 11.3 Å². The molecule has 1 aliphatic heterocycles. The molecule has 3 heterocycles. The Kier molecular flexibility index (Phi) is 6.86. The van der Waals surface area contributed by atoms with Gasteiger partial charge >= 0.3 is 6.09 Å². The Morgan fingerprint density at radius 3 is 2.81 bits per heavy atom. The van der Waals surface area contributed by atoms with Gasteiger partial charge in [-0.05, 0) is 65.5 Å². The predicted octanol–water partition coefficient (Wildman–Crippen LogP) is 5.88. The Balaban J connectivity index is 1.95. The van der Waals surface area contributed by atoms with Crippen LogP contribution < -0.4 is 4.90 Å². The molecule has 0 saturated carbocycles. The smallest absolute Gasteiger partial charge is 0.416 e. The third kappa shape index (κ3) is 6.37. The van der Waals surface area contributed by atoms with E-state index in [4.69, 9.17) is 21.1 Å². The zero-order valence-electron chi connectivity index (χ0n) is 18.6. The number of nitrogens with zero attached hydrogens (tertiary/aromatic N) is 3. The van der Waals surface area contributed by atoms with Gasteiger partial charge in [0.05, 0.1) is 16.3 Å². The number of carbonyl (C=O) groups excluding carboxylic acids is 1. The molecular weight excluding hydrogens is 421 g/mol. The average Bonchev–Trinajstić information content (AvgIpc) is 2.66. The summed E-state index contributed by atoms with van der Waals surface area (Å²) in [5.41, 5.74) is -0.0451. The molecule has 2 aromatic heterocycles. The molecule has 2 aromatic rings. The highest BCUT2D eigenvalue weighted by molar-refractivity contribution is 6.33. The largest absolute Gasteiger partial charge is 0.443 e. The van der Waals surface area contributed by atoms with E-state index in [2.05, 4.69) is 23.8 Å². The van der Waals surface area contributed by atoms with Crippen molar-refractivity contribution in [2.45, 2.75) is 58.7 Å². The standard InChI is InChI=1S/C23H29ClFN3O3/c1-22(2,3)31-21(29)28(14-15-9-10-30-23(4,5)12-15)20-8-6-7-18(27-20)16-11-19(25)26-13-17(16)24/h6-8,11,13,15H,9-10,12,14H2,1-5H3. The normalized spacial score (nSPS) is 18.5. The molecule has 0 N–H and O–H groups in total. The first-order chi connectivity index (χ1) is 14.4. The average molecular weight is 450 g/mol. The molecule has 168 valence electrons. The van der Waals surface area contributed by atoms with Crippen LogP contribution in [-0.4, -0.2) is 40.4 Å². The van der Waals surface area contributed by atoms with Crippen molar-refractivity contribution in [3.05, 3.63) is 41.4 Å². The van der Waals surface area contributed by atoms with Crippen molar-refractivity contribution in [1.82, 2.24) is 9.97 Å². The first kappa shape index (κ1) is 23.4. The fourth-order valence-electron chi connectivity index (χ4n) is 3.68. The second-order valence-corrected chi connectivity index (χ2v) is 9.83. The van der Waals surface area contributed by atoms with Gasteiger partial charge in [0.25, 0.3) is 0 Å². The van der Waals surface area contributed by atoms with Gasteiger partial charge in [-0.15, -0.1) is 0 Å². The van der Waals surface area contributed by atoms with E-state index in [0.29, 0.717) is 30.2 Å². The number of pyridine rings is 2. The number of halogens is 2. The van der Waals surface area contributed by atoms with Crippen LogP contribution in [0.15, 0.2) is 30.5 Å². The van der Waals surface area contributed by atoms with E-state index in [0.717, 1.165) is 12.8 Å². The van der Waals surface area contributed by atoms with Gasteiger partial charge in [-0.2, -0.15) is 4.39 Å². The maximum Gasteiger partial charge on any atom is 0.416 e. The third-order valence-corrected chi connectivity index (χ3v) is 5.26. The third-order valence-electron chi connectivity index (χ3n) is 4.96. The first-order valence-electron chi connectivity index (χ1n) is 10.4. The van der Waals surface area contributed by atoms with Gasteiger partial charge in [-0.25, -0.2) is 14.8 Å². The highest BCUT2D eigenvalue weighted by Crippen LogP contribution is 2.32. The summed E-state index contributed by atoms with van der Waals surface area (Å²) in [6, 6.07) is 6.45. The van der Waals surface area contributed by atoms with Crippen LogP contribution in [0.3, 0.4) is 0 Å². The molecule has 3 rings (SSSR count). The topological polar surface area (TPSA) is 64.5 Å². The summed E-state index contributed by atoms with van der Waals surface area (Å²) < 4.78 is 25.2. The van der Waals surface area contributed by atoms with Crippen LogP contribution in [0.2, 0.25) is 5.02 Å². The lowest BCUT2D eigenvalue weighted by molar-refractivity contribution is -0.0710. The molecule has 6 nitrogen and oxygen atoms in total. The fourth-order valence-corrected chi connectivity index (χ4v) is 3.88. The maximum absolute atomic E-state index is 13.7. The molecule has 1 amide bonds. The van der Waals surface area contributed by atoms with E-state index in [1.54, 1.807) is 23.1 Å². The summed E-state index contributed by atoms with van der Waals surface area (Å²) in [6.45, 7) is 10.7. The molecule has 0 aromatic carbocycles. The first-order valence-corrected chi connectivity index (χ1v) is 10.7. The number of amides is 1. The van der Waals surface area contributed by atoms with Crippen molar-refractivity contribution in [2.75, 3.05) is 18.1 Å². The molecular formula is C23H29ClFN3O3. The highest BCUT2D eigenvalue weighted by Gasteiger charge is 2.33. The monoisotopic (exact) mass is 449 g/mol. The van der Waals surface area contributed by atoms with E-state index in [9.17, 15) is 9.18 Å². The van der Waals surface area contributed by atoms with Crippen LogP contribution in [0, 0.1) is 11.9 Å². The van der Waals surface area contributed by atoms with Crippen LogP contribution >= 0.6 is 11.6 Å². The van der Waals surface area contributed by atoms with Crippen molar-refractivity contribution < 1.29 is 18.7 Å². The van der Waals surface area contributed by atoms with Gasteiger partial charge in [0.2, 0.25) is 5.95 Å². The number of hydrogen-bond acceptors (Lipinski definition) is 5. The van der Waals surface area contributed by atoms with Gasteiger partial charge in [-0.1, -0.05) is 17.7 Å². The minimum Gasteiger partial charge on any atom is -0.443 e. The second kappa shape index (κ2) is 9.09. The van der Waals surface area contributed by atoms with Gasteiger partial charge < -0.3 is 9.47 Å². The maximum atomic E-state index is 13.7. The molecule has 0 aliphatic carbocycles. The summed E-state index contributed by atoms with van der Waals surface area (Å²) in [5, 5.41) is 0.279. The van der Waals surface area contributed by atoms with E-state index >= 15 is 0 Å².